The van der Waals surface area contributed by atoms with Crippen molar-refractivity contribution >= 4 is 23.2 Å². The molecule has 0 spiro atoms. The number of alkyl halides is 3. The van der Waals surface area contributed by atoms with Crippen LogP contribution in [0.3, 0.4) is 0 Å². The largest absolute Gasteiger partial charge is 0.408 e. The highest BCUT2D eigenvalue weighted by Gasteiger charge is 2.48. The van der Waals surface area contributed by atoms with Gasteiger partial charge in [-0.1, -0.05) is 0 Å². The molecule has 6 heterocycles. The van der Waals surface area contributed by atoms with Gasteiger partial charge in [0.1, 0.15) is 17.5 Å². The molecule has 178 valence electrons. The lowest BCUT2D eigenvalue weighted by Gasteiger charge is -2.39. The standard InChI is InChI=1S/C22H21F3N6O3/c23-22(24,25)17-3-5-29-20(33)8-19(30-10-15-7-14(30)12-34-15)27-21(29)31(17)11-16(32)13-1-2-18-26-4-6-28(18)9-13/h1-2,4,6,8-9,14-15,17H,3,5,7,10-12H2/t14-,15-,17-/m0/s1. The molecule has 2 fully saturated rings. The first-order valence-corrected chi connectivity index (χ1v) is 11.1. The summed E-state index contributed by atoms with van der Waals surface area (Å²) in [6.45, 7) is 0.351. The van der Waals surface area contributed by atoms with Gasteiger partial charge in [-0.05, 0) is 25.0 Å². The normalized spacial score (nSPS) is 24.1. The molecule has 0 saturated carbocycles. The number of ether oxygens (including phenoxy) is 1. The first kappa shape index (κ1) is 21.1. The summed E-state index contributed by atoms with van der Waals surface area (Å²) in [6.07, 6.45) is 0.657. The van der Waals surface area contributed by atoms with E-state index >= 15 is 0 Å². The molecule has 3 aliphatic rings. The second-order valence-corrected chi connectivity index (χ2v) is 8.91. The van der Waals surface area contributed by atoms with Crippen molar-refractivity contribution in [2.45, 2.75) is 43.8 Å². The van der Waals surface area contributed by atoms with E-state index in [0.717, 1.165) is 11.3 Å². The number of ketones is 1. The molecule has 6 rings (SSSR count). The highest BCUT2D eigenvalue weighted by molar-refractivity contribution is 5.99. The molecular weight excluding hydrogens is 453 g/mol. The molecule has 0 unspecified atom stereocenters. The van der Waals surface area contributed by atoms with Crippen molar-refractivity contribution in [1.29, 1.82) is 0 Å². The number of hydrogen-bond acceptors (Lipinski definition) is 7. The zero-order chi connectivity index (χ0) is 23.6. The van der Waals surface area contributed by atoms with Crippen LogP contribution < -0.4 is 15.4 Å². The zero-order valence-electron chi connectivity index (χ0n) is 18.0. The molecule has 3 aromatic heterocycles. The molecule has 2 saturated heterocycles. The van der Waals surface area contributed by atoms with Crippen LogP contribution in [0.4, 0.5) is 24.9 Å². The first-order valence-electron chi connectivity index (χ1n) is 11.1. The molecule has 9 nitrogen and oxygen atoms in total. The molecule has 0 amide bonds. The zero-order valence-corrected chi connectivity index (χ0v) is 18.0. The Bertz CT molecular complexity index is 1340. The molecule has 0 N–H and O–H groups in total. The second-order valence-electron chi connectivity index (χ2n) is 8.91. The van der Waals surface area contributed by atoms with E-state index in [1.807, 2.05) is 4.90 Å². The number of imidazole rings is 1. The maximum absolute atomic E-state index is 14.0. The number of Topliss-reactive ketones (excluding diaryl/α,β-unsaturated/α-hetero) is 1. The van der Waals surface area contributed by atoms with Crippen LogP contribution in [0.15, 0.2) is 41.6 Å². The van der Waals surface area contributed by atoms with Gasteiger partial charge in [-0.3, -0.25) is 14.2 Å². The Morgan fingerprint density at radius 2 is 2.12 bits per heavy atom. The van der Waals surface area contributed by atoms with Crippen molar-refractivity contribution in [2.24, 2.45) is 0 Å². The first-order chi connectivity index (χ1) is 16.3. The number of morpholine rings is 1. The monoisotopic (exact) mass is 474 g/mol. The lowest BCUT2D eigenvalue weighted by atomic mass is 10.1. The van der Waals surface area contributed by atoms with E-state index in [-0.39, 0.29) is 36.6 Å². The quantitative estimate of drug-likeness (QED) is 0.534. The molecular formula is C22H21F3N6O3. The third kappa shape index (κ3) is 3.44. The Labute approximate surface area is 191 Å². The minimum atomic E-state index is -4.59. The molecule has 2 bridgehead atoms. The van der Waals surface area contributed by atoms with Crippen LogP contribution in [0, 0.1) is 0 Å². The Morgan fingerprint density at radius 1 is 1.26 bits per heavy atom. The van der Waals surface area contributed by atoms with Gasteiger partial charge in [-0.2, -0.15) is 18.2 Å². The van der Waals surface area contributed by atoms with Gasteiger partial charge >= 0.3 is 6.18 Å². The van der Waals surface area contributed by atoms with Crippen LogP contribution in [-0.4, -0.2) is 68.8 Å². The van der Waals surface area contributed by atoms with Gasteiger partial charge in [0.15, 0.2) is 5.78 Å². The van der Waals surface area contributed by atoms with Gasteiger partial charge in [0.2, 0.25) is 5.95 Å². The Kier molecular flexibility index (Phi) is 4.70. The van der Waals surface area contributed by atoms with Crippen molar-refractivity contribution in [3.05, 3.63) is 52.7 Å². The summed E-state index contributed by atoms with van der Waals surface area (Å²) in [6, 6.07) is 2.65. The summed E-state index contributed by atoms with van der Waals surface area (Å²) in [5.41, 5.74) is 0.437. The van der Waals surface area contributed by atoms with Gasteiger partial charge in [-0.15, -0.1) is 0 Å². The number of carbonyl (C=O) groups is 1. The van der Waals surface area contributed by atoms with E-state index in [1.54, 1.807) is 22.9 Å². The maximum Gasteiger partial charge on any atom is 0.408 e. The van der Waals surface area contributed by atoms with Gasteiger partial charge in [0, 0.05) is 43.3 Å². The van der Waals surface area contributed by atoms with Crippen molar-refractivity contribution in [3.8, 4) is 0 Å². The highest BCUT2D eigenvalue weighted by atomic mass is 19.4. The number of hydrogen-bond donors (Lipinski definition) is 0. The highest BCUT2D eigenvalue weighted by Crippen LogP contribution is 2.36. The minimum absolute atomic E-state index is 0.0317. The molecule has 3 aliphatic heterocycles. The molecule has 34 heavy (non-hydrogen) atoms. The van der Waals surface area contributed by atoms with Crippen LogP contribution in [0.2, 0.25) is 0 Å². The van der Waals surface area contributed by atoms with Crippen molar-refractivity contribution < 1.29 is 22.7 Å². The second kappa shape index (κ2) is 7.55. The van der Waals surface area contributed by atoms with Crippen molar-refractivity contribution in [1.82, 2.24) is 18.9 Å². The summed E-state index contributed by atoms with van der Waals surface area (Å²) in [4.78, 5) is 37.5. The third-order valence-corrected chi connectivity index (χ3v) is 6.83. The summed E-state index contributed by atoms with van der Waals surface area (Å²) >= 11 is 0. The lowest BCUT2D eigenvalue weighted by Crippen LogP contribution is -2.54. The average Bonchev–Trinajstić information content (AvgIpc) is 3.55. The van der Waals surface area contributed by atoms with E-state index in [9.17, 15) is 22.8 Å². The van der Waals surface area contributed by atoms with Gasteiger partial charge < -0.3 is 18.9 Å². The minimum Gasteiger partial charge on any atom is -0.374 e. The number of fused-ring (bicyclic) bond motifs is 4. The van der Waals surface area contributed by atoms with Crippen molar-refractivity contribution in [3.63, 3.8) is 0 Å². The number of pyridine rings is 1. The fourth-order valence-corrected chi connectivity index (χ4v) is 5.14. The average molecular weight is 474 g/mol. The molecule has 3 atom stereocenters. The smallest absolute Gasteiger partial charge is 0.374 e. The number of anilines is 2. The van der Waals surface area contributed by atoms with Gasteiger partial charge in [0.25, 0.3) is 5.56 Å². The summed E-state index contributed by atoms with van der Waals surface area (Å²) < 4.78 is 50.5. The number of halogens is 3. The van der Waals surface area contributed by atoms with Crippen LogP contribution in [0.1, 0.15) is 23.2 Å². The maximum atomic E-state index is 14.0. The number of carbonyl (C=O) groups excluding carboxylic acids is 1. The molecule has 0 radical (unpaired) electrons. The lowest BCUT2D eigenvalue weighted by molar-refractivity contribution is -0.152. The van der Waals surface area contributed by atoms with Crippen LogP contribution in [0.25, 0.3) is 5.65 Å². The fraction of sp³-hybridized carbons (Fsp3) is 0.455. The van der Waals surface area contributed by atoms with E-state index in [4.69, 9.17) is 4.74 Å². The van der Waals surface area contributed by atoms with E-state index in [0.29, 0.717) is 24.6 Å². The van der Waals surface area contributed by atoms with Crippen LogP contribution >= 0.6 is 0 Å². The summed E-state index contributed by atoms with van der Waals surface area (Å²) in [5, 5.41) is 0. The topological polar surface area (TPSA) is 85.0 Å². The fourth-order valence-electron chi connectivity index (χ4n) is 5.14. The SMILES string of the molecule is O=C(CN1c2nc(N3C[C@@H]4C[C@H]3CO4)cc(=O)n2CC[C@H]1C(F)(F)F)c1ccc2nccn2c1. The predicted octanol–water partition coefficient (Wildman–Crippen LogP) is 1.89. The number of aromatic nitrogens is 4. The number of rotatable bonds is 4. The third-order valence-electron chi connectivity index (χ3n) is 6.83. The van der Waals surface area contributed by atoms with Crippen molar-refractivity contribution in [2.75, 3.05) is 29.5 Å². The molecule has 12 heteroatoms. The van der Waals surface area contributed by atoms with E-state index < -0.39 is 30.1 Å². The summed E-state index contributed by atoms with van der Waals surface area (Å²) in [5.74, 6) is -0.310. The molecule has 0 aliphatic carbocycles. The Hall–Kier alpha value is -3.41. The van der Waals surface area contributed by atoms with Gasteiger partial charge in [-0.25, -0.2) is 4.98 Å². The van der Waals surface area contributed by atoms with Gasteiger partial charge in [0.05, 0.1) is 25.3 Å². The number of nitrogens with zero attached hydrogens (tertiary/aromatic N) is 6. The summed E-state index contributed by atoms with van der Waals surface area (Å²) in [7, 11) is 0. The Morgan fingerprint density at radius 3 is 2.85 bits per heavy atom. The van der Waals surface area contributed by atoms with Crippen LogP contribution in [0.5, 0.6) is 0 Å². The van der Waals surface area contributed by atoms with Crippen LogP contribution in [-0.2, 0) is 11.3 Å². The Balaban J connectivity index is 1.39. The molecule has 3 aromatic rings. The van der Waals surface area contributed by atoms with E-state index in [2.05, 4.69) is 9.97 Å². The predicted molar refractivity (Wildman–Crippen MR) is 115 cm³/mol. The van der Waals surface area contributed by atoms with E-state index in [1.165, 1.54) is 22.9 Å². The molecule has 0 aromatic carbocycles.